The molecule has 0 amide bonds. The van der Waals surface area contributed by atoms with Crippen LogP contribution >= 0.6 is 0 Å². The Labute approximate surface area is 92.2 Å². The molecule has 0 bridgehead atoms. The van der Waals surface area contributed by atoms with Crippen LogP contribution < -0.4 is 10.4 Å². The molecule has 1 N–H and O–H groups in total. The average Bonchev–Trinajstić information content (AvgIpc) is 2.61. The van der Waals surface area contributed by atoms with Gasteiger partial charge in [0.2, 0.25) is 16.3 Å². The van der Waals surface area contributed by atoms with Crippen molar-refractivity contribution in [3.8, 4) is 0 Å². The Morgan fingerprint density at radius 1 is 1.33 bits per heavy atom. The third-order valence-electron chi connectivity index (χ3n) is 2.23. The molecule has 0 aliphatic heterocycles. The van der Waals surface area contributed by atoms with Crippen LogP contribution in [0.5, 0.6) is 0 Å². The summed E-state index contributed by atoms with van der Waals surface area (Å²) in [5, 5.41) is 4.87. The molecule has 3 aromatic rings. The maximum absolute atomic E-state index is 11.6. The lowest BCUT2D eigenvalue weighted by molar-refractivity contribution is 0.892. The van der Waals surface area contributed by atoms with E-state index in [1.807, 2.05) is 24.3 Å². The summed E-state index contributed by atoms with van der Waals surface area (Å²) in [5.41, 5.74) is 1.08. The number of nitrogens with zero attached hydrogens (tertiary/aromatic N) is 3. The van der Waals surface area contributed by atoms with E-state index < -0.39 is 0 Å². The van der Waals surface area contributed by atoms with Crippen LogP contribution in [0.25, 0.3) is 16.6 Å². The van der Waals surface area contributed by atoms with Crippen molar-refractivity contribution < 1.29 is 0 Å². The zero-order valence-corrected chi connectivity index (χ0v) is 8.79. The second-order valence-electron chi connectivity index (χ2n) is 3.18. The predicted molar refractivity (Wildman–Crippen MR) is 56.5 cm³/mol. The molecule has 0 aliphatic rings. The lowest BCUT2D eigenvalue weighted by Gasteiger charge is -1.97. The zero-order valence-electron chi connectivity index (χ0n) is 7.64. The molecule has 0 aliphatic carbocycles. The Kier molecular flexibility index (Phi) is 1.69. The summed E-state index contributed by atoms with van der Waals surface area (Å²) in [6.45, 7) is 0. The van der Waals surface area contributed by atoms with Crippen molar-refractivity contribution in [2.45, 2.75) is 0 Å². The van der Waals surface area contributed by atoms with E-state index in [1.165, 1.54) is 4.52 Å². The molecule has 0 saturated carbocycles. The van der Waals surface area contributed by atoms with Crippen molar-refractivity contribution in [3.63, 3.8) is 0 Å². The SMILES string of the molecule is O=c1[nH]c2ccccc2c2n[c]([Al])nn12. The molecule has 0 fully saturated rings. The molecule has 6 heteroatoms. The Hall–Kier alpha value is -1.64. The van der Waals surface area contributed by atoms with Crippen LogP contribution in [0.2, 0.25) is 0 Å². The molecule has 0 saturated heterocycles. The van der Waals surface area contributed by atoms with Gasteiger partial charge >= 0.3 is 5.69 Å². The number of aromatic amines is 1. The van der Waals surface area contributed by atoms with Gasteiger partial charge in [0.1, 0.15) is 0 Å². The number of rotatable bonds is 0. The summed E-state index contributed by atoms with van der Waals surface area (Å²) in [5.74, 6) is 0. The molecule has 70 valence electrons. The van der Waals surface area contributed by atoms with Gasteiger partial charge in [0.15, 0.2) is 5.65 Å². The number of hydrogen-bond donors (Lipinski definition) is 1. The van der Waals surface area contributed by atoms with Gasteiger partial charge in [-0.1, -0.05) is 12.1 Å². The van der Waals surface area contributed by atoms with Crippen molar-refractivity contribution in [1.82, 2.24) is 19.6 Å². The van der Waals surface area contributed by atoms with E-state index in [0.29, 0.717) is 10.3 Å². The molecule has 2 aromatic heterocycles. The second-order valence-corrected chi connectivity index (χ2v) is 3.70. The highest BCUT2D eigenvalue weighted by Gasteiger charge is 2.06. The Morgan fingerprint density at radius 3 is 3.00 bits per heavy atom. The van der Waals surface area contributed by atoms with E-state index in [9.17, 15) is 4.79 Å². The molecule has 0 atom stereocenters. The third-order valence-corrected chi connectivity index (χ3v) is 2.47. The molecule has 2 heterocycles. The van der Waals surface area contributed by atoms with Crippen LogP contribution in [0.3, 0.4) is 0 Å². The molecule has 0 spiro atoms. The first-order valence-electron chi connectivity index (χ1n) is 4.39. The fourth-order valence-corrected chi connectivity index (χ4v) is 1.84. The fourth-order valence-electron chi connectivity index (χ4n) is 1.60. The van der Waals surface area contributed by atoms with E-state index >= 15 is 0 Å². The number of hydrogen-bond acceptors (Lipinski definition) is 3. The highest BCUT2D eigenvalue weighted by molar-refractivity contribution is 6.29. The lowest BCUT2D eigenvalue weighted by Crippen LogP contribution is -2.19. The van der Waals surface area contributed by atoms with Gasteiger partial charge in [0.25, 0.3) is 0 Å². The first-order valence-corrected chi connectivity index (χ1v) is 4.97. The molecule has 2 radical (unpaired) electrons. The predicted octanol–water partition coefficient (Wildman–Crippen LogP) is -0.635. The fraction of sp³-hybridized carbons (Fsp3) is 0. The Morgan fingerprint density at radius 2 is 2.13 bits per heavy atom. The van der Waals surface area contributed by atoms with Crippen LogP contribution in [-0.4, -0.2) is 35.9 Å². The Bertz CT molecular complexity index is 715. The minimum absolute atomic E-state index is 0.273. The summed E-state index contributed by atoms with van der Waals surface area (Å²) in [6.07, 6.45) is 0. The minimum Gasteiger partial charge on any atom is -0.305 e. The van der Waals surface area contributed by atoms with Gasteiger partial charge in [0, 0.05) is 10.1 Å². The summed E-state index contributed by atoms with van der Waals surface area (Å²) in [7, 11) is 0. The lowest BCUT2D eigenvalue weighted by atomic mass is 10.2. The van der Waals surface area contributed by atoms with Crippen molar-refractivity contribution in [3.05, 3.63) is 34.7 Å². The monoisotopic (exact) mass is 212 g/mol. The van der Waals surface area contributed by atoms with Crippen LogP contribution in [0, 0.1) is 0 Å². The van der Waals surface area contributed by atoms with Crippen molar-refractivity contribution in [1.29, 1.82) is 0 Å². The number of fused-ring (bicyclic) bond motifs is 3. The van der Waals surface area contributed by atoms with Gasteiger partial charge in [-0.25, -0.2) is 9.78 Å². The maximum Gasteiger partial charge on any atom is 0.348 e. The average molecular weight is 212 g/mol. The topological polar surface area (TPSA) is 63.0 Å². The largest absolute Gasteiger partial charge is 0.348 e. The second kappa shape index (κ2) is 2.92. The number of para-hydroxylation sites is 1. The van der Waals surface area contributed by atoms with Crippen molar-refractivity contribution in [2.24, 2.45) is 0 Å². The number of benzene rings is 1. The van der Waals surface area contributed by atoms with Crippen LogP contribution in [-0.2, 0) is 0 Å². The third kappa shape index (κ3) is 1.19. The van der Waals surface area contributed by atoms with Crippen LogP contribution in [0.4, 0.5) is 0 Å². The van der Waals surface area contributed by atoms with Gasteiger partial charge in [-0.2, -0.15) is 9.61 Å². The zero-order chi connectivity index (χ0) is 10.4. The standard InChI is InChI=1S/C9H5N4O.Al/c14-9-12-7-4-2-1-3-6(7)8-10-5-11-13(8)9;/h1-4H,(H,12,14);. The van der Waals surface area contributed by atoms with E-state index in [2.05, 4.69) is 31.4 Å². The van der Waals surface area contributed by atoms with E-state index in [4.69, 9.17) is 0 Å². The molecule has 15 heavy (non-hydrogen) atoms. The number of nitrogens with one attached hydrogen (secondary N) is 1. The highest BCUT2D eigenvalue weighted by Crippen LogP contribution is 2.12. The number of aromatic nitrogens is 4. The molecular weight excluding hydrogens is 207 g/mol. The minimum atomic E-state index is -0.273. The summed E-state index contributed by atoms with van der Waals surface area (Å²) < 4.78 is 1.78. The van der Waals surface area contributed by atoms with E-state index in [1.54, 1.807) is 0 Å². The van der Waals surface area contributed by atoms with Crippen LogP contribution in [0.15, 0.2) is 29.1 Å². The normalized spacial score (nSPS) is 11.2. The van der Waals surface area contributed by atoms with Gasteiger partial charge in [0.05, 0.1) is 5.52 Å². The van der Waals surface area contributed by atoms with Crippen molar-refractivity contribution >= 4 is 37.5 Å². The first kappa shape index (κ1) is 8.65. The number of H-pyrrole nitrogens is 1. The van der Waals surface area contributed by atoms with Gasteiger partial charge in [-0.05, 0) is 12.1 Å². The van der Waals surface area contributed by atoms with E-state index in [0.717, 1.165) is 10.9 Å². The summed E-state index contributed by atoms with van der Waals surface area (Å²) in [6, 6.07) is 7.51. The Balaban J connectivity index is 2.69. The maximum atomic E-state index is 11.6. The summed E-state index contributed by atoms with van der Waals surface area (Å²) >= 11 is 2.38. The highest BCUT2D eigenvalue weighted by atomic mass is 27.0. The quantitative estimate of drug-likeness (QED) is 0.504. The van der Waals surface area contributed by atoms with Gasteiger partial charge in [-0.3, -0.25) is 0 Å². The first-order chi connectivity index (χ1) is 7.25. The van der Waals surface area contributed by atoms with E-state index in [-0.39, 0.29) is 5.69 Å². The molecule has 1 aromatic carbocycles. The molecular formula is C9H5AlN4O. The van der Waals surface area contributed by atoms with Gasteiger partial charge < -0.3 is 4.98 Å². The molecule has 0 unspecified atom stereocenters. The van der Waals surface area contributed by atoms with Crippen LogP contribution in [0.1, 0.15) is 0 Å². The molecule has 3 rings (SSSR count). The summed E-state index contributed by atoms with van der Waals surface area (Å²) in [4.78, 5) is 18.5. The smallest absolute Gasteiger partial charge is 0.305 e. The van der Waals surface area contributed by atoms with Crippen molar-refractivity contribution in [2.75, 3.05) is 0 Å². The van der Waals surface area contributed by atoms with Gasteiger partial charge in [-0.15, -0.1) is 0 Å². The molecule has 5 nitrogen and oxygen atoms in total.